The number of hydrogen-bond donors (Lipinski definition) is 2. The van der Waals surface area contributed by atoms with E-state index in [0.717, 1.165) is 34.9 Å². The van der Waals surface area contributed by atoms with Gasteiger partial charge in [-0.3, -0.25) is 4.55 Å². The Morgan fingerprint density at radius 1 is 0.810 bits per heavy atom. The van der Waals surface area contributed by atoms with Crippen LogP contribution in [-0.4, -0.2) is 56.8 Å². The second-order valence-corrected chi connectivity index (χ2v) is 12.9. The number of rotatable bonds is 15. The molecule has 42 heavy (non-hydrogen) atoms. The minimum absolute atomic E-state index is 0.00961. The average molecular weight is 637 g/mol. The first-order valence-corrected chi connectivity index (χ1v) is 15.9. The lowest BCUT2D eigenvalue weighted by molar-refractivity contribution is -0.105. The zero-order valence-electron chi connectivity index (χ0n) is 22.8. The number of ether oxygens (including phenoxy) is 1. The van der Waals surface area contributed by atoms with E-state index in [1.54, 1.807) is 0 Å². The second-order valence-electron chi connectivity index (χ2n) is 9.85. The summed E-state index contributed by atoms with van der Waals surface area (Å²) in [4.78, 5) is 0. The molecular formula is C28H32F4O8S2. The first-order chi connectivity index (χ1) is 19.6. The normalized spacial score (nSPS) is 14.6. The minimum Gasteiger partial charge on any atom is -0.396 e. The Balaban J connectivity index is 1.92. The lowest BCUT2D eigenvalue weighted by atomic mass is 9.89. The highest BCUT2D eigenvalue weighted by Gasteiger charge is 2.74. The topological polar surface area (TPSA) is 127 Å². The fourth-order valence-corrected chi connectivity index (χ4v) is 5.86. The number of fused-ring (bicyclic) bond motifs is 1. The minimum atomic E-state index is -6.79. The van der Waals surface area contributed by atoms with E-state index in [9.17, 15) is 34.4 Å². The number of hydrogen-bond acceptors (Lipinski definition) is 7. The van der Waals surface area contributed by atoms with Crippen LogP contribution < -0.4 is 4.18 Å². The quantitative estimate of drug-likeness (QED) is 0.0893. The maximum Gasteiger partial charge on any atom is 0.460 e. The van der Waals surface area contributed by atoms with Crippen molar-refractivity contribution in [1.29, 1.82) is 0 Å². The van der Waals surface area contributed by atoms with Crippen molar-refractivity contribution >= 4 is 31.0 Å². The molecule has 3 aromatic rings. The second kappa shape index (κ2) is 13.2. The fraction of sp³-hybridized carbons (Fsp3) is 0.429. The summed E-state index contributed by atoms with van der Waals surface area (Å²) in [7, 11) is -13.4. The molecule has 232 valence electrons. The third-order valence-corrected chi connectivity index (χ3v) is 9.25. The van der Waals surface area contributed by atoms with Crippen molar-refractivity contribution in [2.75, 3.05) is 19.8 Å². The van der Waals surface area contributed by atoms with Gasteiger partial charge in [0.05, 0.1) is 6.61 Å². The monoisotopic (exact) mass is 636 g/mol. The standard InChI is InChI=1S/C28H32F4O8S2/c1-3-19(2)21-6-7-23-17-24(9-8-22(23)16-21)26(18-39-15-5-4-14-33)20-10-12-25(13-11-20)40-42(37,38)28(31,32)27(29,30)41(34,35)36/h6-13,16-17,19,26,33H,3-5,14-15,18H2,1-2H3,(H,34,35,36). The largest absolute Gasteiger partial charge is 0.460 e. The Labute approximate surface area is 242 Å². The molecule has 0 aliphatic heterocycles. The van der Waals surface area contributed by atoms with Crippen LogP contribution in [-0.2, 0) is 25.0 Å². The van der Waals surface area contributed by atoms with Gasteiger partial charge in [0.25, 0.3) is 0 Å². The smallest absolute Gasteiger partial charge is 0.396 e. The van der Waals surface area contributed by atoms with Crippen LogP contribution in [0.25, 0.3) is 10.8 Å². The molecule has 0 radical (unpaired) electrons. The van der Waals surface area contributed by atoms with Gasteiger partial charge in [-0.25, -0.2) is 0 Å². The van der Waals surface area contributed by atoms with Crippen molar-refractivity contribution in [2.24, 2.45) is 0 Å². The predicted octanol–water partition coefficient (Wildman–Crippen LogP) is 6.06. The summed E-state index contributed by atoms with van der Waals surface area (Å²) in [5, 5.41) is -1.67. The van der Waals surface area contributed by atoms with Gasteiger partial charge in [-0.1, -0.05) is 62.4 Å². The summed E-state index contributed by atoms with van der Waals surface area (Å²) in [6.07, 6.45) is 2.13. The van der Waals surface area contributed by atoms with Gasteiger partial charge in [0, 0.05) is 19.1 Å². The highest BCUT2D eigenvalue weighted by Crippen LogP contribution is 2.43. The van der Waals surface area contributed by atoms with Crippen LogP contribution in [0, 0.1) is 0 Å². The maximum atomic E-state index is 14.0. The molecule has 0 amide bonds. The molecule has 0 bridgehead atoms. The maximum absolute atomic E-state index is 14.0. The molecule has 0 saturated heterocycles. The first kappa shape index (κ1) is 33.7. The number of aliphatic hydroxyl groups is 1. The van der Waals surface area contributed by atoms with Crippen LogP contribution in [0.3, 0.4) is 0 Å². The number of aliphatic hydroxyl groups excluding tert-OH is 1. The molecule has 2 atom stereocenters. The number of unbranched alkanes of at least 4 members (excludes halogenated alkanes) is 1. The molecular weight excluding hydrogens is 604 g/mol. The van der Waals surface area contributed by atoms with Crippen molar-refractivity contribution in [3.63, 3.8) is 0 Å². The van der Waals surface area contributed by atoms with Crippen molar-refractivity contribution < 1.29 is 53.0 Å². The Kier molecular flexibility index (Phi) is 10.6. The van der Waals surface area contributed by atoms with E-state index in [2.05, 4.69) is 30.2 Å². The van der Waals surface area contributed by atoms with Crippen LogP contribution >= 0.6 is 0 Å². The van der Waals surface area contributed by atoms with Gasteiger partial charge in [-0.05, 0) is 64.8 Å². The van der Waals surface area contributed by atoms with Crippen LogP contribution in [0.2, 0.25) is 0 Å². The third-order valence-electron chi connectivity index (χ3n) is 6.92. The van der Waals surface area contributed by atoms with E-state index in [1.807, 2.05) is 24.3 Å². The van der Waals surface area contributed by atoms with Crippen molar-refractivity contribution in [2.45, 2.75) is 55.5 Å². The van der Waals surface area contributed by atoms with Gasteiger partial charge < -0.3 is 14.0 Å². The van der Waals surface area contributed by atoms with Crippen molar-refractivity contribution in [3.8, 4) is 5.75 Å². The Bertz CT molecular complexity index is 1580. The van der Waals surface area contributed by atoms with Crippen LogP contribution in [0.4, 0.5) is 17.6 Å². The molecule has 3 aromatic carbocycles. The summed E-state index contributed by atoms with van der Waals surface area (Å²) < 4.78 is 119. The molecule has 2 N–H and O–H groups in total. The van der Waals surface area contributed by atoms with Gasteiger partial charge in [0.1, 0.15) is 5.75 Å². The molecule has 8 nitrogen and oxygen atoms in total. The van der Waals surface area contributed by atoms with Crippen molar-refractivity contribution in [3.05, 3.63) is 77.4 Å². The van der Waals surface area contributed by atoms with Gasteiger partial charge in [0.2, 0.25) is 0 Å². The van der Waals surface area contributed by atoms with Gasteiger partial charge in [-0.15, -0.1) is 0 Å². The molecule has 0 aliphatic rings. The van der Waals surface area contributed by atoms with Gasteiger partial charge >= 0.3 is 30.7 Å². The van der Waals surface area contributed by atoms with E-state index >= 15 is 0 Å². The molecule has 2 unspecified atom stereocenters. The Morgan fingerprint density at radius 2 is 1.36 bits per heavy atom. The van der Waals surface area contributed by atoms with Gasteiger partial charge in [0.15, 0.2) is 0 Å². The summed E-state index contributed by atoms with van der Waals surface area (Å²) in [5.74, 6) is -0.824. The molecule has 0 saturated carbocycles. The fourth-order valence-electron chi connectivity index (χ4n) is 4.17. The number of halogens is 4. The van der Waals surface area contributed by atoms with Crippen molar-refractivity contribution in [1.82, 2.24) is 0 Å². The molecule has 0 aromatic heterocycles. The third kappa shape index (κ3) is 7.22. The summed E-state index contributed by atoms with van der Waals surface area (Å²) in [6, 6.07) is 16.6. The molecule has 0 heterocycles. The van der Waals surface area contributed by atoms with Gasteiger partial charge in [-0.2, -0.15) is 34.4 Å². The lowest BCUT2D eigenvalue weighted by Crippen LogP contribution is -2.53. The number of benzene rings is 3. The highest BCUT2D eigenvalue weighted by molar-refractivity contribution is 7.91. The molecule has 0 spiro atoms. The summed E-state index contributed by atoms with van der Waals surface area (Å²) in [5.41, 5.74) is 2.57. The molecule has 0 fully saturated rings. The van der Waals surface area contributed by atoms with E-state index in [-0.39, 0.29) is 13.2 Å². The highest BCUT2D eigenvalue weighted by atomic mass is 32.2. The predicted molar refractivity (Wildman–Crippen MR) is 149 cm³/mol. The molecule has 0 aliphatic carbocycles. The van der Waals surface area contributed by atoms with Crippen LogP contribution in [0.15, 0.2) is 60.7 Å². The molecule has 3 rings (SSSR count). The summed E-state index contributed by atoms with van der Waals surface area (Å²) >= 11 is 0. The first-order valence-electron chi connectivity index (χ1n) is 13.0. The zero-order chi connectivity index (χ0) is 31.3. The lowest BCUT2D eigenvalue weighted by Gasteiger charge is -2.23. The Morgan fingerprint density at radius 3 is 1.90 bits per heavy atom. The van der Waals surface area contributed by atoms with Crippen LogP contribution in [0.1, 0.15) is 61.6 Å². The van der Waals surface area contributed by atoms with E-state index in [0.29, 0.717) is 30.9 Å². The van der Waals surface area contributed by atoms with E-state index in [4.69, 9.17) is 14.4 Å². The van der Waals surface area contributed by atoms with E-state index in [1.165, 1.54) is 17.7 Å². The SMILES string of the molecule is CCC(C)c1ccc2cc(C(COCCCCO)c3ccc(OS(=O)(=O)C(F)(F)C(F)(F)S(=O)(=O)O)cc3)ccc2c1. The van der Waals surface area contributed by atoms with Crippen LogP contribution in [0.5, 0.6) is 5.75 Å². The zero-order valence-corrected chi connectivity index (χ0v) is 24.5. The van der Waals surface area contributed by atoms with E-state index < -0.39 is 42.4 Å². The Hall–Kier alpha value is -2.78. The average Bonchev–Trinajstić information content (AvgIpc) is 2.93. The molecule has 14 heteroatoms. The number of alkyl halides is 4. The summed E-state index contributed by atoms with van der Waals surface area (Å²) in [6.45, 7) is 4.77.